The van der Waals surface area contributed by atoms with Gasteiger partial charge in [0.25, 0.3) is 5.91 Å². The van der Waals surface area contributed by atoms with E-state index in [4.69, 9.17) is 11.6 Å². The minimum absolute atomic E-state index is 0.00266. The van der Waals surface area contributed by atoms with Crippen LogP contribution in [-0.4, -0.2) is 28.1 Å². The highest BCUT2D eigenvalue weighted by molar-refractivity contribution is 7.99. The molecule has 0 radical (unpaired) electrons. The number of hydrogen-bond donors (Lipinski definition) is 0. The van der Waals surface area contributed by atoms with Gasteiger partial charge in [0, 0.05) is 22.9 Å². The van der Waals surface area contributed by atoms with E-state index in [0.29, 0.717) is 5.02 Å². The van der Waals surface area contributed by atoms with E-state index in [1.165, 1.54) is 11.3 Å². The number of hydrogen-bond acceptors (Lipinski definition) is 4. The normalized spacial score (nSPS) is 16.8. The summed E-state index contributed by atoms with van der Waals surface area (Å²) in [5.41, 5.74) is 2.90. The van der Waals surface area contributed by atoms with Crippen LogP contribution in [0.1, 0.15) is 26.3 Å². The van der Waals surface area contributed by atoms with E-state index in [1.54, 1.807) is 11.8 Å². The largest absolute Gasteiger partial charge is 0.321 e. The molecular weight excluding hydrogens is 384 g/mol. The van der Waals surface area contributed by atoms with E-state index in [1.807, 2.05) is 66.4 Å². The van der Waals surface area contributed by atoms with Gasteiger partial charge in [-0.1, -0.05) is 54.1 Å². The zero-order valence-electron chi connectivity index (χ0n) is 14.2. The summed E-state index contributed by atoms with van der Waals surface area (Å²) >= 11 is 9.39. The molecule has 1 aliphatic heterocycles. The Kier molecular flexibility index (Phi) is 5.02. The lowest BCUT2D eigenvalue weighted by Crippen LogP contribution is -2.30. The van der Waals surface area contributed by atoms with Crippen LogP contribution >= 0.6 is 34.7 Å². The van der Waals surface area contributed by atoms with E-state index in [0.717, 1.165) is 39.0 Å². The molecule has 4 rings (SSSR count). The highest BCUT2D eigenvalue weighted by Crippen LogP contribution is 2.40. The van der Waals surface area contributed by atoms with Crippen LogP contribution in [0.2, 0.25) is 5.02 Å². The van der Waals surface area contributed by atoms with Crippen molar-refractivity contribution in [1.82, 2.24) is 9.88 Å². The summed E-state index contributed by atoms with van der Waals surface area (Å²) in [5.74, 6) is 0.976. The first-order chi connectivity index (χ1) is 12.6. The van der Waals surface area contributed by atoms with Gasteiger partial charge in [0.2, 0.25) is 0 Å². The monoisotopic (exact) mass is 400 g/mol. The van der Waals surface area contributed by atoms with Gasteiger partial charge in [-0.05, 0) is 24.6 Å². The topological polar surface area (TPSA) is 33.2 Å². The van der Waals surface area contributed by atoms with Crippen molar-refractivity contribution in [2.24, 2.45) is 0 Å². The maximum absolute atomic E-state index is 13.2. The predicted octanol–water partition coefficient (Wildman–Crippen LogP) is 5.66. The van der Waals surface area contributed by atoms with E-state index < -0.39 is 0 Å². The smallest absolute Gasteiger partial charge is 0.267 e. The third-order valence-electron chi connectivity index (χ3n) is 4.30. The Morgan fingerprint density at radius 2 is 2.00 bits per heavy atom. The summed E-state index contributed by atoms with van der Waals surface area (Å²) in [6.07, 6.45) is 0. The second-order valence-electron chi connectivity index (χ2n) is 6.08. The molecule has 1 aliphatic rings. The first-order valence-corrected chi connectivity index (χ1v) is 10.6. The van der Waals surface area contributed by atoms with Crippen LogP contribution in [0.25, 0.3) is 10.6 Å². The van der Waals surface area contributed by atoms with Gasteiger partial charge >= 0.3 is 0 Å². The van der Waals surface area contributed by atoms with Crippen LogP contribution in [0.15, 0.2) is 54.6 Å². The maximum atomic E-state index is 13.2. The van der Waals surface area contributed by atoms with Gasteiger partial charge in [-0.25, -0.2) is 4.98 Å². The molecule has 1 unspecified atom stereocenters. The molecule has 1 aromatic heterocycles. The Morgan fingerprint density at radius 1 is 1.19 bits per heavy atom. The van der Waals surface area contributed by atoms with Crippen molar-refractivity contribution in [3.63, 3.8) is 0 Å². The molecule has 1 fully saturated rings. The minimum Gasteiger partial charge on any atom is -0.321 e. The second kappa shape index (κ2) is 7.43. The number of nitrogens with zero attached hydrogens (tertiary/aromatic N) is 2. The zero-order valence-corrected chi connectivity index (χ0v) is 16.6. The second-order valence-corrected chi connectivity index (χ2v) is 8.70. The van der Waals surface area contributed by atoms with E-state index >= 15 is 0 Å². The molecule has 0 bridgehead atoms. The average Bonchev–Trinajstić information content (AvgIpc) is 3.29. The number of benzene rings is 2. The molecule has 2 aromatic carbocycles. The number of aromatic nitrogens is 1. The molecule has 2 heterocycles. The number of thioether (sulfide) groups is 1. The Hall–Kier alpha value is -1.82. The van der Waals surface area contributed by atoms with Crippen LogP contribution in [0.3, 0.4) is 0 Å². The Bertz CT molecular complexity index is 942. The number of amides is 1. The number of carbonyl (C=O) groups is 1. The molecule has 0 aliphatic carbocycles. The van der Waals surface area contributed by atoms with Crippen LogP contribution < -0.4 is 0 Å². The van der Waals surface area contributed by atoms with Gasteiger partial charge in [0.05, 0.1) is 5.69 Å². The highest BCUT2D eigenvalue weighted by atomic mass is 35.5. The van der Waals surface area contributed by atoms with E-state index in [2.05, 4.69) is 4.98 Å². The summed E-state index contributed by atoms with van der Waals surface area (Å²) in [5, 5.41) is 1.59. The summed E-state index contributed by atoms with van der Waals surface area (Å²) in [4.78, 5) is 20.5. The quantitative estimate of drug-likeness (QED) is 0.568. The van der Waals surface area contributed by atoms with E-state index in [-0.39, 0.29) is 11.3 Å². The van der Waals surface area contributed by atoms with Crippen molar-refractivity contribution < 1.29 is 4.79 Å². The predicted molar refractivity (Wildman–Crippen MR) is 110 cm³/mol. The number of aryl methyl sites for hydroxylation is 1. The van der Waals surface area contributed by atoms with Gasteiger partial charge < -0.3 is 4.90 Å². The number of halogens is 1. The van der Waals surface area contributed by atoms with Crippen molar-refractivity contribution in [2.45, 2.75) is 12.3 Å². The Balaban J connectivity index is 1.64. The van der Waals surface area contributed by atoms with Crippen molar-refractivity contribution in [1.29, 1.82) is 0 Å². The Morgan fingerprint density at radius 3 is 2.77 bits per heavy atom. The van der Waals surface area contributed by atoms with Crippen LogP contribution in [-0.2, 0) is 0 Å². The third-order valence-corrected chi connectivity index (χ3v) is 6.99. The van der Waals surface area contributed by atoms with Crippen molar-refractivity contribution in [3.05, 3.63) is 75.8 Å². The molecule has 26 heavy (non-hydrogen) atoms. The molecule has 1 saturated heterocycles. The lowest BCUT2D eigenvalue weighted by atomic mass is 10.2. The molecule has 6 heteroatoms. The molecule has 3 aromatic rings. The molecule has 1 amide bonds. The lowest BCUT2D eigenvalue weighted by molar-refractivity contribution is 0.0764. The molecule has 0 spiro atoms. The summed E-state index contributed by atoms with van der Waals surface area (Å²) in [6, 6.07) is 17.8. The molecular formula is C20H17ClN2OS2. The standard InChI is InChI=1S/C20H17ClN2OS2/c1-13-17(26-18(22-13)14-6-3-2-4-7-14)19(24)23-10-11-25-20(23)15-8-5-9-16(21)12-15/h2-9,12,20H,10-11H2,1H3. The van der Waals surface area contributed by atoms with Crippen LogP contribution in [0.5, 0.6) is 0 Å². The van der Waals surface area contributed by atoms with Crippen molar-refractivity contribution in [2.75, 3.05) is 12.3 Å². The number of carbonyl (C=O) groups excluding carboxylic acids is 1. The molecule has 3 nitrogen and oxygen atoms in total. The molecule has 132 valence electrons. The van der Waals surface area contributed by atoms with Crippen molar-refractivity contribution >= 4 is 40.6 Å². The fourth-order valence-corrected chi connectivity index (χ4v) is 5.52. The van der Waals surface area contributed by atoms with Crippen LogP contribution in [0, 0.1) is 6.92 Å². The van der Waals surface area contributed by atoms with Gasteiger partial charge in [0.15, 0.2) is 0 Å². The molecule has 0 N–H and O–H groups in total. The SMILES string of the molecule is Cc1nc(-c2ccccc2)sc1C(=O)N1CCSC1c1cccc(Cl)c1. The van der Waals surface area contributed by atoms with Gasteiger partial charge in [-0.3, -0.25) is 4.79 Å². The first-order valence-electron chi connectivity index (χ1n) is 8.34. The van der Waals surface area contributed by atoms with Gasteiger partial charge in [-0.15, -0.1) is 23.1 Å². The van der Waals surface area contributed by atoms with E-state index in [9.17, 15) is 4.79 Å². The minimum atomic E-state index is 0.00266. The summed E-state index contributed by atoms with van der Waals surface area (Å²) in [7, 11) is 0. The first kappa shape index (κ1) is 17.6. The maximum Gasteiger partial charge on any atom is 0.267 e. The van der Waals surface area contributed by atoms with Gasteiger partial charge in [0.1, 0.15) is 15.3 Å². The molecule has 1 atom stereocenters. The lowest BCUT2D eigenvalue weighted by Gasteiger charge is -2.24. The number of thiazole rings is 1. The van der Waals surface area contributed by atoms with Gasteiger partial charge in [-0.2, -0.15) is 0 Å². The summed E-state index contributed by atoms with van der Waals surface area (Å²) in [6.45, 7) is 2.65. The third kappa shape index (κ3) is 3.39. The fraction of sp³-hybridized carbons (Fsp3) is 0.200. The number of rotatable bonds is 3. The average molecular weight is 401 g/mol. The van der Waals surface area contributed by atoms with Crippen molar-refractivity contribution in [3.8, 4) is 10.6 Å². The highest BCUT2D eigenvalue weighted by Gasteiger charge is 2.33. The van der Waals surface area contributed by atoms with Crippen LogP contribution in [0.4, 0.5) is 0 Å². The zero-order chi connectivity index (χ0) is 18.1. The fourth-order valence-electron chi connectivity index (χ4n) is 3.04. The molecule has 0 saturated carbocycles. The Labute approximate surface area is 166 Å². The summed E-state index contributed by atoms with van der Waals surface area (Å²) < 4.78 is 0.